The molecular formula is C13H12N. The number of hydrogen-bond donors (Lipinski definition) is 1. The molecule has 0 saturated heterocycles. The molecule has 0 spiro atoms. The fourth-order valence-electron chi connectivity index (χ4n) is 1.36. The molecular weight excluding hydrogens is 170 g/mol. The average Bonchev–Trinajstić information content (AvgIpc) is 2.19. The van der Waals surface area contributed by atoms with Crippen molar-refractivity contribution in [3.05, 3.63) is 60.2 Å². The van der Waals surface area contributed by atoms with Crippen LogP contribution < -0.4 is 5.32 Å². The van der Waals surface area contributed by atoms with Crippen LogP contribution in [0.5, 0.6) is 0 Å². The van der Waals surface area contributed by atoms with Crippen LogP contribution in [0, 0.1) is 13.0 Å². The predicted molar refractivity (Wildman–Crippen MR) is 59.7 cm³/mol. The summed E-state index contributed by atoms with van der Waals surface area (Å²) in [6.07, 6.45) is 0. The zero-order valence-electron chi connectivity index (χ0n) is 8.12. The van der Waals surface area contributed by atoms with E-state index in [1.807, 2.05) is 30.3 Å². The van der Waals surface area contributed by atoms with Crippen molar-refractivity contribution in [2.75, 3.05) is 5.32 Å². The van der Waals surface area contributed by atoms with Crippen LogP contribution in [0.1, 0.15) is 5.56 Å². The Hall–Kier alpha value is -1.76. The summed E-state index contributed by atoms with van der Waals surface area (Å²) in [5, 5.41) is 3.32. The van der Waals surface area contributed by atoms with Crippen LogP contribution >= 0.6 is 0 Å². The summed E-state index contributed by atoms with van der Waals surface area (Å²) in [5.74, 6) is 0. The first-order valence-electron chi connectivity index (χ1n) is 4.64. The highest BCUT2D eigenvalue weighted by Gasteiger charge is 1.92. The summed E-state index contributed by atoms with van der Waals surface area (Å²) in [4.78, 5) is 0. The summed E-state index contributed by atoms with van der Waals surface area (Å²) in [6, 6.07) is 19.1. The minimum Gasteiger partial charge on any atom is -0.356 e. The number of benzene rings is 2. The first kappa shape index (κ1) is 8.82. The largest absolute Gasteiger partial charge is 0.356 e. The lowest BCUT2D eigenvalue weighted by atomic mass is 10.2. The lowest BCUT2D eigenvalue weighted by molar-refractivity contribution is 1.45. The van der Waals surface area contributed by atoms with Gasteiger partial charge in [0.1, 0.15) is 0 Å². The van der Waals surface area contributed by atoms with Gasteiger partial charge in [0.05, 0.1) is 0 Å². The first-order valence-corrected chi connectivity index (χ1v) is 4.64. The van der Waals surface area contributed by atoms with Crippen LogP contribution in [0.2, 0.25) is 0 Å². The van der Waals surface area contributed by atoms with Gasteiger partial charge in [0.15, 0.2) is 0 Å². The van der Waals surface area contributed by atoms with E-state index in [1.54, 1.807) is 0 Å². The molecule has 0 atom stereocenters. The highest BCUT2D eigenvalue weighted by atomic mass is 14.9. The van der Waals surface area contributed by atoms with Gasteiger partial charge in [-0.15, -0.1) is 0 Å². The fraction of sp³-hybridized carbons (Fsp3) is 0.0769. The number of hydrogen-bond acceptors (Lipinski definition) is 1. The second kappa shape index (κ2) is 3.97. The Morgan fingerprint density at radius 1 is 1.00 bits per heavy atom. The van der Waals surface area contributed by atoms with Gasteiger partial charge in [0, 0.05) is 11.4 Å². The zero-order valence-corrected chi connectivity index (χ0v) is 8.12. The SMILES string of the molecule is Cc1cccc(Nc2cc[c]cc2)c1. The van der Waals surface area contributed by atoms with E-state index in [2.05, 4.69) is 36.5 Å². The van der Waals surface area contributed by atoms with Crippen molar-refractivity contribution in [2.24, 2.45) is 0 Å². The van der Waals surface area contributed by atoms with Crippen LogP contribution in [0.25, 0.3) is 0 Å². The molecule has 2 aromatic carbocycles. The second-order valence-electron chi connectivity index (χ2n) is 3.28. The van der Waals surface area contributed by atoms with Gasteiger partial charge in [-0.3, -0.25) is 0 Å². The fourth-order valence-corrected chi connectivity index (χ4v) is 1.36. The van der Waals surface area contributed by atoms with Gasteiger partial charge in [0.2, 0.25) is 0 Å². The average molecular weight is 182 g/mol. The van der Waals surface area contributed by atoms with Crippen molar-refractivity contribution in [1.29, 1.82) is 0 Å². The molecule has 1 radical (unpaired) electrons. The third-order valence-electron chi connectivity index (χ3n) is 2.02. The standard InChI is InChI=1S/C13H12N/c1-11-6-5-9-13(10-11)14-12-7-3-2-4-8-12/h3-10,14H,1H3. The Bertz CT molecular complexity index is 407. The van der Waals surface area contributed by atoms with Crippen molar-refractivity contribution in [2.45, 2.75) is 6.92 Å². The summed E-state index contributed by atoms with van der Waals surface area (Å²) in [5.41, 5.74) is 3.48. The maximum atomic E-state index is 3.32. The van der Waals surface area contributed by atoms with Gasteiger partial charge >= 0.3 is 0 Å². The molecule has 2 rings (SSSR count). The molecule has 0 heterocycles. The van der Waals surface area contributed by atoms with E-state index in [4.69, 9.17) is 0 Å². The third kappa shape index (κ3) is 2.13. The van der Waals surface area contributed by atoms with E-state index in [0.29, 0.717) is 0 Å². The summed E-state index contributed by atoms with van der Waals surface area (Å²) >= 11 is 0. The summed E-state index contributed by atoms with van der Waals surface area (Å²) in [7, 11) is 0. The molecule has 14 heavy (non-hydrogen) atoms. The lowest BCUT2D eigenvalue weighted by Crippen LogP contribution is -1.89. The van der Waals surface area contributed by atoms with Crippen LogP contribution in [0.15, 0.2) is 48.5 Å². The Morgan fingerprint density at radius 3 is 2.50 bits per heavy atom. The van der Waals surface area contributed by atoms with Gasteiger partial charge in [-0.25, -0.2) is 0 Å². The number of anilines is 2. The van der Waals surface area contributed by atoms with E-state index >= 15 is 0 Å². The smallest absolute Gasteiger partial charge is 0.0386 e. The van der Waals surface area contributed by atoms with E-state index in [-0.39, 0.29) is 0 Å². The molecule has 0 bridgehead atoms. The molecule has 1 heteroatoms. The molecule has 0 aliphatic heterocycles. The quantitative estimate of drug-likeness (QED) is 0.749. The molecule has 69 valence electrons. The Morgan fingerprint density at radius 2 is 1.79 bits per heavy atom. The number of nitrogens with one attached hydrogen (secondary N) is 1. The van der Waals surface area contributed by atoms with Gasteiger partial charge < -0.3 is 5.32 Å². The highest BCUT2D eigenvalue weighted by molar-refractivity contribution is 5.59. The maximum absolute atomic E-state index is 3.32. The molecule has 0 amide bonds. The maximum Gasteiger partial charge on any atom is 0.0386 e. The molecule has 0 aromatic heterocycles. The van der Waals surface area contributed by atoms with Gasteiger partial charge in [-0.05, 0) is 42.8 Å². The molecule has 1 nitrogen and oxygen atoms in total. The van der Waals surface area contributed by atoms with Crippen LogP contribution in [-0.2, 0) is 0 Å². The van der Waals surface area contributed by atoms with E-state index < -0.39 is 0 Å². The van der Waals surface area contributed by atoms with E-state index in [9.17, 15) is 0 Å². The molecule has 0 aliphatic rings. The minimum atomic E-state index is 1.09. The third-order valence-corrected chi connectivity index (χ3v) is 2.02. The predicted octanol–water partition coefficient (Wildman–Crippen LogP) is 3.54. The topological polar surface area (TPSA) is 12.0 Å². The van der Waals surface area contributed by atoms with Crippen molar-refractivity contribution in [3.63, 3.8) is 0 Å². The molecule has 0 unspecified atom stereocenters. The van der Waals surface area contributed by atoms with E-state index in [0.717, 1.165) is 11.4 Å². The van der Waals surface area contributed by atoms with Crippen molar-refractivity contribution >= 4 is 11.4 Å². The lowest BCUT2D eigenvalue weighted by Gasteiger charge is -2.06. The second-order valence-corrected chi connectivity index (χ2v) is 3.28. The highest BCUT2D eigenvalue weighted by Crippen LogP contribution is 2.16. The van der Waals surface area contributed by atoms with Crippen LogP contribution in [-0.4, -0.2) is 0 Å². The van der Waals surface area contributed by atoms with Gasteiger partial charge in [-0.2, -0.15) is 0 Å². The van der Waals surface area contributed by atoms with Gasteiger partial charge in [-0.1, -0.05) is 24.3 Å². The first-order chi connectivity index (χ1) is 6.84. The molecule has 0 fully saturated rings. The Labute approximate surface area is 84.4 Å². The summed E-state index contributed by atoms with van der Waals surface area (Å²) in [6.45, 7) is 2.09. The normalized spacial score (nSPS) is 9.79. The van der Waals surface area contributed by atoms with Crippen molar-refractivity contribution in [3.8, 4) is 0 Å². The Kier molecular flexibility index (Phi) is 2.50. The zero-order chi connectivity index (χ0) is 9.80. The number of rotatable bonds is 2. The molecule has 0 aliphatic carbocycles. The minimum absolute atomic E-state index is 1.09. The molecule has 1 N–H and O–H groups in total. The van der Waals surface area contributed by atoms with Crippen molar-refractivity contribution < 1.29 is 0 Å². The van der Waals surface area contributed by atoms with Crippen LogP contribution in [0.4, 0.5) is 11.4 Å². The van der Waals surface area contributed by atoms with E-state index in [1.165, 1.54) is 5.56 Å². The number of aryl methyl sites for hydroxylation is 1. The van der Waals surface area contributed by atoms with Crippen LogP contribution in [0.3, 0.4) is 0 Å². The van der Waals surface area contributed by atoms with Gasteiger partial charge in [0.25, 0.3) is 0 Å². The monoisotopic (exact) mass is 182 g/mol. The molecule has 2 aromatic rings. The Balaban J connectivity index is 2.19. The van der Waals surface area contributed by atoms with Crippen molar-refractivity contribution in [1.82, 2.24) is 0 Å². The molecule has 0 saturated carbocycles. The summed E-state index contributed by atoms with van der Waals surface area (Å²) < 4.78 is 0.